The zero-order valence-electron chi connectivity index (χ0n) is 13.8. The number of nitrogens with one attached hydrogen (secondary N) is 3. The van der Waals surface area contributed by atoms with Gasteiger partial charge in [-0.25, -0.2) is 4.98 Å². The van der Waals surface area contributed by atoms with Gasteiger partial charge in [-0.15, -0.1) is 0 Å². The summed E-state index contributed by atoms with van der Waals surface area (Å²) in [6, 6.07) is 12.2. The summed E-state index contributed by atoms with van der Waals surface area (Å²) in [5, 5.41) is 11.0. The van der Waals surface area contributed by atoms with Gasteiger partial charge in [-0.05, 0) is 25.1 Å². The Bertz CT molecular complexity index is 629. The molecule has 124 valence electrons. The Kier molecular flexibility index (Phi) is 7.13. The Morgan fingerprint density at radius 3 is 2.83 bits per heavy atom. The van der Waals surface area contributed by atoms with Crippen molar-refractivity contribution in [2.24, 2.45) is 4.99 Å². The second-order valence-electron chi connectivity index (χ2n) is 5.00. The third kappa shape index (κ3) is 5.75. The molecule has 0 spiro atoms. The molecule has 1 aromatic carbocycles. The summed E-state index contributed by atoms with van der Waals surface area (Å²) in [6.45, 7) is 5.66. The average molecular weight is 315 g/mol. The van der Waals surface area contributed by atoms with Crippen LogP contribution in [0, 0.1) is 0 Å². The monoisotopic (exact) mass is 315 g/mol. The minimum absolute atomic E-state index is 0.621. The number of fused-ring (bicyclic) bond motifs is 1. The third-order valence-electron chi connectivity index (χ3n) is 3.23. The predicted octanol–water partition coefficient (Wildman–Crippen LogP) is 1.85. The van der Waals surface area contributed by atoms with Crippen molar-refractivity contribution < 1.29 is 4.74 Å². The van der Waals surface area contributed by atoms with E-state index < -0.39 is 0 Å². The number of hydrogen-bond acceptors (Lipinski definition) is 4. The lowest BCUT2D eigenvalue weighted by Crippen LogP contribution is -2.39. The zero-order valence-corrected chi connectivity index (χ0v) is 13.8. The van der Waals surface area contributed by atoms with Crippen molar-refractivity contribution in [1.82, 2.24) is 15.6 Å². The molecule has 0 aliphatic rings. The molecule has 0 aliphatic heterocycles. The molecule has 2 aromatic rings. The van der Waals surface area contributed by atoms with Gasteiger partial charge in [0.25, 0.3) is 0 Å². The van der Waals surface area contributed by atoms with Crippen LogP contribution >= 0.6 is 0 Å². The van der Waals surface area contributed by atoms with Crippen LogP contribution in [-0.2, 0) is 4.74 Å². The number of hydrogen-bond donors (Lipinski definition) is 3. The first-order valence-electron chi connectivity index (χ1n) is 7.94. The number of ether oxygens (including phenoxy) is 1. The van der Waals surface area contributed by atoms with Gasteiger partial charge >= 0.3 is 0 Å². The average Bonchev–Trinajstić information content (AvgIpc) is 2.58. The smallest absolute Gasteiger partial charge is 0.191 e. The minimum Gasteiger partial charge on any atom is -0.383 e. The van der Waals surface area contributed by atoms with Crippen LogP contribution in [0.1, 0.15) is 6.92 Å². The van der Waals surface area contributed by atoms with Crippen LogP contribution in [0.15, 0.2) is 41.4 Å². The molecule has 0 unspecified atom stereocenters. The van der Waals surface area contributed by atoms with Gasteiger partial charge < -0.3 is 20.7 Å². The van der Waals surface area contributed by atoms with Gasteiger partial charge in [0, 0.05) is 32.1 Å². The number of nitrogens with zero attached hydrogens (tertiary/aromatic N) is 2. The van der Waals surface area contributed by atoms with Gasteiger partial charge in [-0.3, -0.25) is 4.99 Å². The first-order valence-corrected chi connectivity index (χ1v) is 7.94. The molecule has 0 amide bonds. The van der Waals surface area contributed by atoms with E-state index in [1.165, 1.54) is 0 Å². The summed E-state index contributed by atoms with van der Waals surface area (Å²) >= 11 is 0. The van der Waals surface area contributed by atoms with Crippen molar-refractivity contribution in [2.75, 3.05) is 45.2 Å². The number of guanidine groups is 1. The van der Waals surface area contributed by atoms with Crippen LogP contribution < -0.4 is 16.0 Å². The maximum atomic E-state index is 5.01. The molecule has 2 rings (SSSR count). The van der Waals surface area contributed by atoms with Crippen LogP contribution in [0.2, 0.25) is 0 Å². The van der Waals surface area contributed by atoms with E-state index in [0.717, 1.165) is 42.3 Å². The highest BCUT2D eigenvalue weighted by molar-refractivity contribution is 5.80. The molecule has 0 saturated carbocycles. The number of para-hydroxylation sites is 1. The van der Waals surface area contributed by atoms with E-state index in [1.54, 1.807) is 7.11 Å². The Balaban J connectivity index is 1.79. The number of methoxy groups -OCH3 is 1. The molecule has 0 bridgehead atoms. The number of aliphatic imine (C=N–C) groups is 1. The summed E-state index contributed by atoms with van der Waals surface area (Å²) in [7, 11) is 1.68. The Hall–Kier alpha value is -2.34. The van der Waals surface area contributed by atoms with Crippen LogP contribution in [0.4, 0.5) is 5.82 Å². The maximum absolute atomic E-state index is 5.01. The van der Waals surface area contributed by atoms with Gasteiger partial charge in [-0.1, -0.05) is 18.2 Å². The van der Waals surface area contributed by atoms with Crippen molar-refractivity contribution >= 4 is 22.7 Å². The van der Waals surface area contributed by atoms with E-state index in [-0.39, 0.29) is 0 Å². The second-order valence-corrected chi connectivity index (χ2v) is 5.00. The molecule has 1 heterocycles. The summed E-state index contributed by atoms with van der Waals surface area (Å²) in [5.74, 6) is 1.68. The van der Waals surface area contributed by atoms with E-state index >= 15 is 0 Å². The third-order valence-corrected chi connectivity index (χ3v) is 3.23. The zero-order chi connectivity index (χ0) is 16.3. The Morgan fingerprint density at radius 2 is 2.00 bits per heavy atom. The molecule has 0 fully saturated rings. The molecule has 6 nitrogen and oxygen atoms in total. The van der Waals surface area contributed by atoms with Gasteiger partial charge in [-0.2, -0.15) is 0 Å². The van der Waals surface area contributed by atoms with Gasteiger partial charge in [0.15, 0.2) is 5.96 Å². The molecule has 23 heavy (non-hydrogen) atoms. The van der Waals surface area contributed by atoms with Gasteiger partial charge in [0.05, 0.1) is 18.7 Å². The molecule has 6 heteroatoms. The van der Waals surface area contributed by atoms with E-state index in [4.69, 9.17) is 4.74 Å². The molecular weight excluding hydrogens is 290 g/mol. The molecule has 3 N–H and O–H groups in total. The normalized spacial score (nSPS) is 11.5. The number of anilines is 1. The highest BCUT2D eigenvalue weighted by atomic mass is 16.5. The summed E-state index contributed by atoms with van der Waals surface area (Å²) in [4.78, 5) is 9.00. The lowest BCUT2D eigenvalue weighted by atomic mass is 10.2. The lowest BCUT2D eigenvalue weighted by Gasteiger charge is -2.12. The number of rotatable bonds is 8. The molecule has 0 saturated heterocycles. The predicted molar refractivity (Wildman–Crippen MR) is 96.1 cm³/mol. The SMILES string of the molecule is CCNC(=NCCOC)NCCNc1ccc2ccccc2n1. The van der Waals surface area contributed by atoms with Gasteiger partial charge in [0.1, 0.15) is 5.82 Å². The number of benzene rings is 1. The summed E-state index contributed by atoms with van der Waals surface area (Å²) in [5.41, 5.74) is 1.000. The highest BCUT2D eigenvalue weighted by Gasteiger charge is 1.98. The van der Waals surface area contributed by atoms with Crippen molar-refractivity contribution in [3.8, 4) is 0 Å². The molecule has 0 radical (unpaired) electrons. The van der Waals surface area contributed by atoms with Crippen molar-refractivity contribution in [3.63, 3.8) is 0 Å². The van der Waals surface area contributed by atoms with Crippen LogP contribution in [0.3, 0.4) is 0 Å². The van der Waals surface area contributed by atoms with Crippen LogP contribution in [-0.4, -0.2) is 50.8 Å². The highest BCUT2D eigenvalue weighted by Crippen LogP contribution is 2.13. The quantitative estimate of drug-likeness (QED) is 0.394. The Labute approximate surface area is 137 Å². The van der Waals surface area contributed by atoms with Crippen LogP contribution in [0.5, 0.6) is 0 Å². The fourth-order valence-electron chi connectivity index (χ4n) is 2.13. The number of aromatic nitrogens is 1. The topological polar surface area (TPSA) is 70.6 Å². The fourth-order valence-corrected chi connectivity index (χ4v) is 2.13. The summed E-state index contributed by atoms with van der Waals surface area (Å²) in [6.07, 6.45) is 0. The minimum atomic E-state index is 0.621. The maximum Gasteiger partial charge on any atom is 0.191 e. The van der Waals surface area contributed by atoms with E-state index in [1.807, 2.05) is 31.2 Å². The molecule has 0 aliphatic carbocycles. The van der Waals surface area contributed by atoms with Crippen molar-refractivity contribution in [2.45, 2.75) is 6.92 Å². The second kappa shape index (κ2) is 9.63. The lowest BCUT2D eigenvalue weighted by molar-refractivity contribution is 0.208. The molecule has 1 aromatic heterocycles. The van der Waals surface area contributed by atoms with E-state index in [9.17, 15) is 0 Å². The first kappa shape index (κ1) is 17.0. The summed E-state index contributed by atoms with van der Waals surface area (Å²) < 4.78 is 5.01. The largest absolute Gasteiger partial charge is 0.383 e. The standard InChI is InChI=1S/C17H25N5O/c1-3-18-17(21-12-13-23-2)20-11-10-19-16-9-8-14-6-4-5-7-15(14)22-16/h4-9H,3,10-13H2,1-2H3,(H,19,22)(H2,18,20,21). The molecule has 0 atom stereocenters. The number of pyridine rings is 1. The Morgan fingerprint density at radius 1 is 1.13 bits per heavy atom. The van der Waals surface area contributed by atoms with E-state index in [0.29, 0.717) is 13.2 Å². The van der Waals surface area contributed by atoms with Crippen molar-refractivity contribution in [3.05, 3.63) is 36.4 Å². The van der Waals surface area contributed by atoms with Crippen molar-refractivity contribution in [1.29, 1.82) is 0 Å². The first-order chi connectivity index (χ1) is 11.3. The fraction of sp³-hybridized carbons (Fsp3) is 0.412. The van der Waals surface area contributed by atoms with Gasteiger partial charge in [0.2, 0.25) is 0 Å². The van der Waals surface area contributed by atoms with Crippen LogP contribution in [0.25, 0.3) is 10.9 Å². The van der Waals surface area contributed by atoms with E-state index in [2.05, 4.69) is 38.1 Å². The molecular formula is C17H25N5O.